The molecule has 2 unspecified atom stereocenters. The minimum Gasteiger partial charge on any atom is -0.315 e. The molecule has 0 bridgehead atoms. The molecule has 3 aliphatic rings. The van der Waals surface area contributed by atoms with Crippen molar-refractivity contribution in [2.75, 3.05) is 52.4 Å². The van der Waals surface area contributed by atoms with Gasteiger partial charge in [0.25, 0.3) is 0 Å². The predicted molar refractivity (Wildman–Crippen MR) is 106 cm³/mol. The summed E-state index contributed by atoms with van der Waals surface area (Å²) < 4.78 is 2.16. The Balaban J connectivity index is 1.38. The van der Waals surface area contributed by atoms with Crippen molar-refractivity contribution >= 4 is 12.8 Å². The van der Waals surface area contributed by atoms with Gasteiger partial charge >= 0.3 is 0 Å². The molecule has 2 atom stereocenters. The van der Waals surface area contributed by atoms with E-state index < -0.39 is 0 Å². The van der Waals surface area contributed by atoms with E-state index in [2.05, 4.69) is 46.1 Å². The van der Waals surface area contributed by atoms with E-state index >= 15 is 0 Å². The van der Waals surface area contributed by atoms with Crippen LogP contribution in [0.4, 0.5) is 0 Å². The fourth-order valence-corrected chi connectivity index (χ4v) is 4.67. The molecule has 3 fully saturated rings. The van der Waals surface area contributed by atoms with Gasteiger partial charge in [-0.15, -0.1) is 0 Å². The van der Waals surface area contributed by atoms with Gasteiger partial charge in [-0.3, -0.25) is 14.1 Å². The summed E-state index contributed by atoms with van der Waals surface area (Å²) in [6.45, 7) is 14.3. The van der Waals surface area contributed by atoms with Gasteiger partial charge in [0.1, 0.15) is 0 Å². The summed E-state index contributed by atoms with van der Waals surface area (Å²) in [5.74, 6) is 0. The fourth-order valence-electron chi connectivity index (χ4n) is 4.49. The SMILES string of the molecule is CCC1(CNCC(C)N2CCCC(N3CCN(S)CC3)CC2)CC1. The molecule has 1 aliphatic carbocycles. The van der Waals surface area contributed by atoms with Crippen LogP contribution < -0.4 is 5.32 Å². The van der Waals surface area contributed by atoms with Crippen molar-refractivity contribution in [3.63, 3.8) is 0 Å². The minimum atomic E-state index is 0.665. The third-order valence-electron chi connectivity index (χ3n) is 6.81. The molecule has 5 heteroatoms. The summed E-state index contributed by atoms with van der Waals surface area (Å²) in [6, 6.07) is 1.47. The van der Waals surface area contributed by atoms with Gasteiger partial charge < -0.3 is 5.32 Å². The Labute approximate surface area is 154 Å². The fraction of sp³-hybridized carbons (Fsp3) is 1.00. The van der Waals surface area contributed by atoms with E-state index in [4.69, 9.17) is 0 Å². The Morgan fingerprint density at radius 2 is 1.83 bits per heavy atom. The second kappa shape index (κ2) is 8.72. The van der Waals surface area contributed by atoms with E-state index in [9.17, 15) is 0 Å². The van der Waals surface area contributed by atoms with Gasteiger partial charge in [0.15, 0.2) is 0 Å². The number of hydrogen-bond donors (Lipinski definition) is 2. The zero-order valence-electron chi connectivity index (χ0n) is 15.8. The molecule has 4 nitrogen and oxygen atoms in total. The molecule has 0 aromatic heterocycles. The van der Waals surface area contributed by atoms with Crippen LogP contribution in [0.2, 0.25) is 0 Å². The Morgan fingerprint density at radius 3 is 2.50 bits per heavy atom. The first kappa shape index (κ1) is 19.0. The van der Waals surface area contributed by atoms with Crippen molar-refractivity contribution < 1.29 is 0 Å². The van der Waals surface area contributed by atoms with Gasteiger partial charge in [-0.2, -0.15) is 0 Å². The standard InChI is InChI=1S/C19H38N4S/c1-3-19(7-8-19)16-20-15-17(2)21-9-4-5-18(6-10-21)22-11-13-23(24)14-12-22/h17-18,20,24H,3-16H2,1-2H3. The van der Waals surface area contributed by atoms with E-state index in [0.717, 1.165) is 25.7 Å². The Morgan fingerprint density at radius 1 is 1.08 bits per heavy atom. The number of thiol groups is 1. The average Bonchev–Trinajstić information content (AvgIpc) is 3.39. The van der Waals surface area contributed by atoms with Crippen LogP contribution in [0, 0.1) is 5.41 Å². The number of rotatable bonds is 7. The van der Waals surface area contributed by atoms with E-state index in [1.54, 1.807) is 0 Å². The lowest BCUT2D eigenvalue weighted by Gasteiger charge is -2.37. The molecule has 3 rings (SSSR count). The third-order valence-corrected chi connectivity index (χ3v) is 7.21. The second-order valence-electron chi connectivity index (χ2n) is 8.44. The number of nitrogens with zero attached hydrogens (tertiary/aromatic N) is 3. The van der Waals surface area contributed by atoms with Crippen molar-refractivity contribution in [3.05, 3.63) is 0 Å². The highest BCUT2D eigenvalue weighted by molar-refractivity contribution is 7.77. The minimum absolute atomic E-state index is 0.665. The molecule has 0 aromatic carbocycles. The molecular weight excluding hydrogens is 316 g/mol. The molecule has 1 N–H and O–H groups in total. The molecule has 140 valence electrons. The summed E-state index contributed by atoms with van der Waals surface area (Å²) in [4.78, 5) is 5.45. The summed E-state index contributed by atoms with van der Waals surface area (Å²) in [6.07, 6.45) is 8.30. The number of likely N-dealkylation sites (tertiary alicyclic amines) is 1. The van der Waals surface area contributed by atoms with Gasteiger partial charge in [0, 0.05) is 51.4 Å². The highest BCUT2D eigenvalue weighted by Gasteiger charge is 2.40. The molecule has 0 amide bonds. The van der Waals surface area contributed by atoms with Gasteiger partial charge in [0.2, 0.25) is 0 Å². The van der Waals surface area contributed by atoms with Crippen LogP contribution in [0.25, 0.3) is 0 Å². The van der Waals surface area contributed by atoms with Crippen molar-refractivity contribution in [3.8, 4) is 0 Å². The van der Waals surface area contributed by atoms with E-state index in [1.807, 2.05) is 0 Å². The van der Waals surface area contributed by atoms with Crippen molar-refractivity contribution in [1.29, 1.82) is 0 Å². The monoisotopic (exact) mass is 354 g/mol. The maximum atomic E-state index is 4.48. The van der Waals surface area contributed by atoms with Crippen LogP contribution in [0.1, 0.15) is 52.4 Å². The molecule has 0 spiro atoms. The van der Waals surface area contributed by atoms with Crippen molar-refractivity contribution in [2.24, 2.45) is 5.41 Å². The Hall–Kier alpha value is 0.190. The topological polar surface area (TPSA) is 21.8 Å². The van der Waals surface area contributed by atoms with Crippen LogP contribution in [0.5, 0.6) is 0 Å². The molecular formula is C19H38N4S. The van der Waals surface area contributed by atoms with Crippen molar-refractivity contribution in [2.45, 2.75) is 64.5 Å². The first-order chi connectivity index (χ1) is 11.6. The van der Waals surface area contributed by atoms with Crippen molar-refractivity contribution in [1.82, 2.24) is 19.4 Å². The molecule has 2 saturated heterocycles. The molecule has 0 radical (unpaired) electrons. The summed E-state index contributed by atoms with van der Waals surface area (Å²) >= 11 is 4.48. The zero-order chi connectivity index (χ0) is 17.0. The van der Waals surface area contributed by atoms with Crippen LogP contribution in [-0.2, 0) is 0 Å². The van der Waals surface area contributed by atoms with Crippen LogP contribution in [0.3, 0.4) is 0 Å². The first-order valence-corrected chi connectivity index (χ1v) is 10.6. The smallest absolute Gasteiger partial charge is 0.0216 e. The van der Waals surface area contributed by atoms with E-state index in [-0.39, 0.29) is 0 Å². The molecule has 24 heavy (non-hydrogen) atoms. The molecule has 2 heterocycles. The average molecular weight is 355 g/mol. The Kier molecular flexibility index (Phi) is 6.89. The number of piperazine rings is 1. The Bertz CT molecular complexity index is 380. The summed E-state index contributed by atoms with van der Waals surface area (Å²) in [7, 11) is 0. The molecule has 1 saturated carbocycles. The second-order valence-corrected chi connectivity index (χ2v) is 9.01. The zero-order valence-corrected chi connectivity index (χ0v) is 16.7. The lowest BCUT2D eigenvalue weighted by atomic mass is 10.0. The van der Waals surface area contributed by atoms with Gasteiger partial charge in [0.05, 0.1) is 0 Å². The highest BCUT2D eigenvalue weighted by Crippen LogP contribution is 2.47. The predicted octanol–water partition coefficient (Wildman–Crippen LogP) is 2.47. The molecule has 2 aliphatic heterocycles. The number of nitrogens with one attached hydrogen (secondary N) is 1. The lowest BCUT2D eigenvalue weighted by molar-refractivity contribution is 0.128. The van der Waals surface area contributed by atoms with E-state index in [0.29, 0.717) is 11.5 Å². The lowest BCUT2D eigenvalue weighted by Crippen LogP contribution is -2.48. The maximum Gasteiger partial charge on any atom is 0.0216 e. The van der Waals surface area contributed by atoms with E-state index in [1.165, 1.54) is 71.2 Å². The van der Waals surface area contributed by atoms with Gasteiger partial charge in [-0.1, -0.05) is 19.7 Å². The molecule has 0 aromatic rings. The van der Waals surface area contributed by atoms with Crippen LogP contribution in [0.15, 0.2) is 0 Å². The highest BCUT2D eigenvalue weighted by atomic mass is 32.1. The van der Waals surface area contributed by atoms with Gasteiger partial charge in [-0.05, 0) is 64.0 Å². The normalized spacial score (nSPS) is 30.9. The summed E-state index contributed by atoms with van der Waals surface area (Å²) in [5, 5.41) is 3.77. The largest absolute Gasteiger partial charge is 0.315 e. The number of hydrogen-bond acceptors (Lipinski definition) is 5. The maximum absolute atomic E-state index is 4.48. The third kappa shape index (κ3) is 5.10. The van der Waals surface area contributed by atoms with Gasteiger partial charge in [-0.25, -0.2) is 0 Å². The summed E-state index contributed by atoms with van der Waals surface area (Å²) in [5.41, 5.74) is 0.665. The quantitative estimate of drug-likeness (QED) is 0.685. The first-order valence-electron chi connectivity index (χ1n) is 10.2. The van der Waals surface area contributed by atoms with Crippen LogP contribution in [-0.4, -0.2) is 78.5 Å². The van der Waals surface area contributed by atoms with Crippen LogP contribution >= 0.6 is 12.8 Å².